The lowest BCUT2D eigenvalue weighted by molar-refractivity contribution is 0.373. The molecule has 1 unspecified atom stereocenters. The number of rotatable bonds is 4. The van der Waals surface area contributed by atoms with Gasteiger partial charge in [-0.05, 0) is 36.9 Å². The predicted octanol–water partition coefficient (Wildman–Crippen LogP) is 2.32. The van der Waals surface area contributed by atoms with Crippen molar-refractivity contribution in [3.63, 3.8) is 0 Å². The molecule has 0 bridgehead atoms. The van der Waals surface area contributed by atoms with E-state index in [2.05, 4.69) is 28.5 Å². The first-order chi connectivity index (χ1) is 7.42. The van der Waals surface area contributed by atoms with Crippen molar-refractivity contribution >= 4 is 0 Å². The van der Waals surface area contributed by atoms with Crippen LogP contribution in [0.25, 0.3) is 0 Å². The van der Waals surface area contributed by atoms with Gasteiger partial charge in [-0.3, -0.25) is 0 Å². The molecule has 1 saturated carbocycles. The highest BCUT2D eigenvalue weighted by Crippen LogP contribution is 2.35. The van der Waals surface area contributed by atoms with Crippen LogP contribution < -0.4 is 5.32 Å². The molecule has 1 fully saturated rings. The summed E-state index contributed by atoms with van der Waals surface area (Å²) in [5.41, 5.74) is 1.29. The Morgan fingerprint density at radius 3 is 2.80 bits per heavy atom. The van der Waals surface area contributed by atoms with Crippen molar-refractivity contribution in [1.29, 1.82) is 0 Å². The van der Waals surface area contributed by atoms with Crippen molar-refractivity contribution in [1.82, 2.24) is 15.5 Å². The normalized spacial score (nSPS) is 19.3. The molecule has 82 valence electrons. The molecule has 1 aliphatic carbocycles. The zero-order valence-corrected chi connectivity index (χ0v) is 9.32. The highest BCUT2D eigenvalue weighted by Gasteiger charge is 2.25. The zero-order valence-electron chi connectivity index (χ0n) is 9.32. The van der Waals surface area contributed by atoms with Crippen LogP contribution in [-0.4, -0.2) is 16.7 Å². The van der Waals surface area contributed by atoms with Gasteiger partial charge in [-0.2, -0.15) is 10.2 Å². The first-order valence-electron chi connectivity index (χ1n) is 5.91. The number of aromatic nitrogens is 2. The Balaban J connectivity index is 2.11. The van der Waals surface area contributed by atoms with Crippen molar-refractivity contribution in [3.8, 4) is 0 Å². The Morgan fingerprint density at radius 1 is 1.40 bits per heavy atom. The van der Waals surface area contributed by atoms with Gasteiger partial charge in [-0.25, -0.2) is 0 Å². The summed E-state index contributed by atoms with van der Waals surface area (Å²) in [5.74, 6) is 0.786. The molecule has 0 spiro atoms. The monoisotopic (exact) mass is 205 g/mol. The van der Waals surface area contributed by atoms with E-state index in [1.165, 1.54) is 31.2 Å². The molecular weight excluding hydrogens is 186 g/mol. The van der Waals surface area contributed by atoms with Crippen LogP contribution >= 0.6 is 0 Å². The van der Waals surface area contributed by atoms with E-state index >= 15 is 0 Å². The second-order valence-corrected chi connectivity index (χ2v) is 4.26. The van der Waals surface area contributed by atoms with Crippen LogP contribution in [0.5, 0.6) is 0 Å². The summed E-state index contributed by atoms with van der Waals surface area (Å²) in [4.78, 5) is 0. The van der Waals surface area contributed by atoms with E-state index in [1.54, 1.807) is 6.20 Å². The second kappa shape index (κ2) is 5.21. The lowest BCUT2D eigenvalue weighted by Gasteiger charge is -2.24. The first-order valence-corrected chi connectivity index (χ1v) is 5.91. The van der Waals surface area contributed by atoms with Gasteiger partial charge in [0.15, 0.2) is 0 Å². The van der Waals surface area contributed by atoms with E-state index in [0.29, 0.717) is 6.04 Å². The molecule has 3 heteroatoms. The molecule has 2 rings (SSSR count). The summed E-state index contributed by atoms with van der Waals surface area (Å²) in [5, 5.41) is 11.4. The van der Waals surface area contributed by atoms with Crippen LogP contribution in [0, 0.1) is 5.92 Å². The standard InChI is InChI=1S/C12H19N3/c1-2-13-12(10-5-3-4-6-10)11-7-8-14-15-9-11/h7-10,12-13H,2-6H2,1H3. The average molecular weight is 205 g/mol. The van der Waals surface area contributed by atoms with Gasteiger partial charge in [0, 0.05) is 12.2 Å². The highest BCUT2D eigenvalue weighted by atomic mass is 15.1. The summed E-state index contributed by atoms with van der Waals surface area (Å²) in [6.07, 6.45) is 9.14. The highest BCUT2D eigenvalue weighted by molar-refractivity contribution is 5.13. The third-order valence-electron chi connectivity index (χ3n) is 3.26. The first kappa shape index (κ1) is 10.6. The molecule has 1 atom stereocenters. The Morgan fingerprint density at radius 2 is 2.20 bits per heavy atom. The zero-order chi connectivity index (χ0) is 10.5. The molecule has 15 heavy (non-hydrogen) atoms. The maximum Gasteiger partial charge on any atom is 0.0544 e. The minimum atomic E-state index is 0.480. The largest absolute Gasteiger partial charge is 0.310 e. The molecule has 1 aromatic heterocycles. The number of nitrogens with one attached hydrogen (secondary N) is 1. The van der Waals surface area contributed by atoms with E-state index < -0.39 is 0 Å². The maximum absolute atomic E-state index is 3.97. The third-order valence-corrected chi connectivity index (χ3v) is 3.26. The van der Waals surface area contributed by atoms with Gasteiger partial charge in [0.05, 0.1) is 6.20 Å². The fourth-order valence-electron chi connectivity index (χ4n) is 2.55. The van der Waals surface area contributed by atoms with Gasteiger partial charge in [-0.1, -0.05) is 19.8 Å². The lowest BCUT2D eigenvalue weighted by atomic mass is 9.93. The van der Waals surface area contributed by atoms with E-state index in [0.717, 1.165) is 12.5 Å². The average Bonchev–Trinajstić information content (AvgIpc) is 2.80. The van der Waals surface area contributed by atoms with Crippen molar-refractivity contribution < 1.29 is 0 Å². The molecule has 0 aliphatic heterocycles. The van der Waals surface area contributed by atoms with Gasteiger partial charge in [0.25, 0.3) is 0 Å². The van der Waals surface area contributed by atoms with Crippen molar-refractivity contribution in [3.05, 3.63) is 24.0 Å². The van der Waals surface area contributed by atoms with E-state index in [1.807, 2.05) is 6.20 Å². The van der Waals surface area contributed by atoms with Crippen molar-refractivity contribution in [2.45, 2.75) is 38.6 Å². The van der Waals surface area contributed by atoms with Crippen LogP contribution in [0.3, 0.4) is 0 Å². The van der Waals surface area contributed by atoms with Crippen molar-refractivity contribution in [2.24, 2.45) is 5.92 Å². The molecule has 1 aromatic rings. The topological polar surface area (TPSA) is 37.8 Å². The fraction of sp³-hybridized carbons (Fsp3) is 0.667. The molecule has 1 N–H and O–H groups in total. The Hall–Kier alpha value is -0.960. The van der Waals surface area contributed by atoms with Gasteiger partial charge in [0.2, 0.25) is 0 Å². The van der Waals surface area contributed by atoms with Crippen LogP contribution in [0.2, 0.25) is 0 Å². The summed E-state index contributed by atoms with van der Waals surface area (Å²) in [6.45, 7) is 3.18. The van der Waals surface area contributed by atoms with E-state index in [-0.39, 0.29) is 0 Å². The van der Waals surface area contributed by atoms with Crippen LogP contribution in [-0.2, 0) is 0 Å². The van der Waals surface area contributed by atoms with Crippen molar-refractivity contribution in [2.75, 3.05) is 6.54 Å². The number of hydrogen-bond acceptors (Lipinski definition) is 3. The summed E-state index contributed by atoms with van der Waals surface area (Å²) in [6, 6.07) is 2.56. The Bertz CT molecular complexity index is 280. The van der Waals surface area contributed by atoms with Crippen LogP contribution in [0.15, 0.2) is 18.5 Å². The van der Waals surface area contributed by atoms with Gasteiger partial charge in [-0.15, -0.1) is 0 Å². The quantitative estimate of drug-likeness (QED) is 0.819. The Kier molecular flexibility index (Phi) is 3.67. The lowest BCUT2D eigenvalue weighted by Crippen LogP contribution is -2.27. The smallest absolute Gasteiger partial charge is 0.0544 e. The molecule has 0 radical (unpaired) electrons. The van der Waals surface area contributed by atoms with Crippen LogP contribution in [0.4, 0.5) is 0 Å². The molecule has 3 nitrogen and oxygen atoms in total. The fourth-order valence-corrected chi connectivity index (χ4v) is 2.55. The van der Waals surface area contributed by atoms with Gasteiger partial charge in [0.1, 0.15) is 0 Å². The third kappa shape index (κ3) is 2.53. The summed E-state index contributed by atoms with van der Waals surface area (Å²) < 4.78 is 0. The number of nitrogens with zero attached hydrogens (tertiary/aromatic N) is 2. The molecular formula is C12H19N3. The van der Waals surface area contributed by atoms with E-state index in [9.17, 15) is 0 Å². The predicted molar refractivity (Wildman–Crippen MR) is 60.4 cm³/mol. The maximum atomic E-state index is 3.97. The van der Waals surface area contributed by atoms with Gasteiger partial charge >= 0.3 is 0 Å². The SMILES string of the molecule is CCNC(c1ccnnc1)C1CCCC1. The van der Waals surface area contributed by atoms with Gasteiger partial charge < -0.3 is 5.32 Å². The second-order valence-electron chi connectivity index (χ2n) is 4.26. The van der Waals surface area contributed by atoms with E-state index in [4.69, 9.17) is 0 Å². The molecule has 0 amide bonds. The molecule has 1 heterocycles. The summed E-state index contributed by atoms with van der Waals surface area (Å²) in [7, 11) is 0. The van der Waals surface area contributed by atoms with Crippen LogP contribution in [0.1, 0.15) is 44.2 Å². The summed E-state index contributed by atoms with van der Waals surface area (Å²) >= 11 is 0. The molecule has 1 aliphatic rings. The minimum absolute atomic E-state index is 0.480. The minimum Gasteiger partial charge on any atom is -0.310 e. The molecule has 0 saturated heterocycles. The Labute approximate surface area is 91.3 Å². The molecule has 0 aromatic carbocycles. The number of hydrogen-bond donors (Lipinski definition) is 1.